The van der Waals surface area contributed by atoms with E-state index in [2.05, 4.69) is 25.2 Å². The molecule has 1 aromatic carbocycles. The van der Waals surface area contributed by atoms with Gasteiger partial charge in [-0.15, -0.1) is 0 Å². The van der Waals surface area contributed by atoms with Crippen LogP contribution in [0, 0.1) is 5.92 Å². The van der Waals surface area contributed by atoms with Crippen molar-refractivity contribution in [1.82, 2.24) is 5.32 Å². The van der Waals surface area contributed by atoms with Crippen LogP contribution < -0.4 is 5.32 Å². The van der Waals surface area contributed by atoms with Crippen LogP contribution in [-0.2, 0) is 0 Å². The number of rotatable bonds is 5. The number of nitrogens with one attached hydrogen (secondary N) is 1. The maximum absolute atomic E-state index is 6.25. The second-order valence-electron chi connectivity index (χ2n) is 5.09. The van der Waals surface area contributed by atoms with Crippen molar-refractivity contribution in [2.45, 2.75) is 38.6 Å². The van der Waals surface area contributed by atoms with Gasteiger partial charge in [-0.1, -0.05) is 49.2 Å². The van der Waals surface area contributed by atoms with E-state index < -0.39 is 0 Å². The molecule has 1 N–H and O–H groups in total. The van der Waals surface area contributed by atoms with Gasteiger partial charge in [-0.3, -0.25) is 0 Å². The van der Waals surface area contributed by atoms with Crippen molar-refractivity contribution in [2.24, 2.45) is 5.92 Å². The molecule has 1 aromatic rings. The van der Waals surface area contributed by atoms with Crippen LogP contribution in [0.3, 0.4) is 0 Å². The second kappa shape index (κ2) is 5.60. The van der Waals surface area contributed by atoms with Crippen molar-refractivity contribution >= 4 is 23.2 Å². The Morgan fingerprint density at radius 1 is 1.29 bits per heavy atom. The molecule has 1 fully saturated rings. The zero-order valence-corrected chi connectivity index (χ0v) is 11.9. The third-order valence-corrected chi connectivity index (χ3v) is 4.46. The normalized spacial score (nSPS) is 19.1. The largest absolute Gasteiger partial charge is 0.314 e. The van der Waals surface area contributed by atoms with Crippen molar-refractivity contribution in [3.8, 4) is 0 Å². The molecule has 0 saturated heterocycles. The summed E-state index contributed by atoms with van der Waals surface area (Å²) in [6.07, 6.45) is 2.66. The first kappa shape index (κ1) is 13.2. The molecule has 2 rings (SSSR count). The van der Waals surface area contributed by atoms with Gasteiger partial charge >= 0.3 is 0 Å². The summed E-state index contributed by atoms with van der Waals surface area (Å²) in [6, 6.07) is 6.65. The zero-order valence-electron chi connectivity index (χ0n) is 10.3. The number of hydrogen-bond donors (Lipinski definition) is 1. The van der Waals surface area contributed by atoms with Crippen LogP contribution in [-0.4, -0.2) is 12.6 Å². The number of hydrogen-bond acceptors (Lipinski definition) is 1. The molecule has 1 aliphatic carbocycles. The van der Waals surface area contributed by atoms with Crippen LogP contribution in [0.15, 0.2) is 18.2 Å². The van der Waals surface area contributed by atoms with Crippen molar-refractivity contribution in [3.05, 3.63) is 33.8 Å². The molecule has 0 spiro atoms. The van der Waals surface area contributed by atoms with Gasteiger partial charge in [0.25, 0.3) is 0 Å². The molecule has 1 saturated carbocycles. The molecule has 2 unspecified atom stereocenters. The molecule has 0 heterocycles. The van der Waals surface area contributed by atoms with Gasteiger partial charge in [0, 0.05) is 6.04 Å². The van der Waals surface area contributed by atoms with Crippen LogP contribution in [0.5, 0.6) is 0 Å². The molecule has 2 atom stereocenters. The molecular formula is C14H19Cl2N. The standard InChI is InChI=1S/C14H19Cl2N/c1-9(8-17-11-6-7-11)10(2)12-4-3-5-13(15)14(12)16/h3-5,9-11,17H,6-8H2,1-2H3. The van der Waals surface area contributed by atoms with E-state index in [1.165, 1.54) is 12.8 Å². The summed E-state index contributed by atoms with van der Waals surface area (Å²) in [5.41, 5.74) is 1.16. The predicted molar refractivity (Wildman–Crippen MR) is 75.1 cm³/mol. The average Bonchev–Trinajstić information content (AvgIpc) is 3.12. The van der Waals surface area contributed by atoms with E-state index in [0.717, 1.165) is 18.2 Å². The Morgan fingerprint density at radius 2 is 2.00 bits per heavy atom. The SMILES string of the molecule is CC(CNC1CC1)C(C)c1cccc(Cl)c1Cl. The van der Waals surface area contributed by atoms with Gasteiger partial charge in [0.05, 0.1) is 10.0 Å². The second-order valence-corrected chi connectivity index (χ2v) is 5.88. The summed E-state index contributed by atoms with van der Waals surface area (Å²) in [4.78, 5) is 0. The smallest absolute Gasteiger partial charge is 0.0627 e. The lowest BCUT2D eigenvalue weighted by Crippen LogP contribution is -2.26. The van der Waals surface area contributed by atoms with Gasteiger partial charge in [0.2, 0.25) is 0 Å². The molecule has 0 bridgehead atoms. The molecule has 1 aliphatic rings. The third-order valence-electron chi connectivity index (χ3n) is 3.63. The van der Waals surface area contributed by atoms with Crippen LogP contribution >= 0.6 is 23.2 Å². The number of halogens is 2. The Morgan fingerprint density at radius 3 is 2.65 bits per heavy atom. The summed E-state index contributed by atoms with van der Waals surface area (Å²) in [6.45, 7) is 5.53. The summed E-state index contributed by atoms with van der Waals surface area (Å²) in [5.74, 6) is 0.985. The van der Waals surface area contributed by atoms with Gasteiger partial charge in [0.1, 0.15) is 0 Å². The van der Waals surface area contributed by atoms with Crippen molar-refractivity contribution < 1.29 is 0 Å². The average molecular weight is 272 g/mol. The lowest BCUT2D eigenvalue weighted by Gasteiger charge is -2.22. The molecular weight excluding hydrogens is 253 g/mol. The van der Waals surface area contributed by atoms with E-state index in [-0.39, 0.29) is 0 Å². The minimum atomic E-state index is 0.424. The molecule has 0 aliphatic heterocycles. The zero-order chi connectivity index (χ0) is 12.4. The van der Waals surface area contributed by atoms with Gasteiger partial charge in [-0.25, -0.2) is 0 Å². The fraction of sp³-hybridized carbons (Fsp3) is 0.571. The van der Waals surface area contributed by atoms with Crippen molar-refractivity contribution in [3.63, 3.8) is 0 Å². The Kier molecular flexibility index (Phi) is 4.35. The fourth-order valence-corrected chi connectivity index (χ4v) is 2.48. The Balaban J connectivity index is 2.01. The minimum absolute atomic E-state index is 0.424. The highest BCUT2D eigenvalue weighted by atomic mass is 35.5. The van der Waals surface area contributed by atoms with E-state index in [9.17, 15) is 0 Å². The quantitative estimate of drug-likeness (QED) is 0.833. The highest BCUT2D eigenvalue weighted by molar-refractivity contribution is 6.42. The van der Waals surface area contributed by atoms with Gasteiger partial charge in [-0.2, -0.15) is 0 Å². The fourth-order valence-electron chi connectivity index (χ4n) is 2.00. The molecule has 0 radical (unpaired) electrons. The monoisotopic (exact) mass is 271 g/mol. The molecule has 0 aromatic heterocycles. The summed E-state index contributed by atoms with van der Waals surface area (Å²) >= 11 is 12.3. The molecule has 94 valence electrons. The lowest BCUT2D eigenvalue weighted by atomic mass is 9.89. The van der Waals surface area contributed by atoms with E-state index in [1.54, 1.807) is 0 Å². The van der Waals surface area contributed by atoms with E-state index in [0.29, 0.717) is 21.9 Å². The molecule has 17 heavy (non-hydrogen) atoms. The van der Waals surface area contributed by atoms with Gasteiger partial charge in [0.15, 0.2) is 0 Å². The summed E-state index contributed by atoms with van der Waals surface area (Å²) in [7, 11) is 0. The first-order chi connectivity index (χ1) is 8.09. The predicted octanol–water partition coefficient (Wildman–Crippen LogP) is 4.49. The maximum Gasteiger partial charge on any atom is 0.0627 e. The highest BCUT2D eigenvalue weighted by Gasteiger charge is 2.23. The van der Waals surface area contributed by atoms with E-state index in [4.69, 9.17) is 23.2 Å². The molecule has 0 amide bonds. The first-order valence-electron chi connectivity index (χ1n) is 6.27. The van der Waals surface area contributed by atoms with E-state index >= 15 is 0 Å². The Labute approximate surface area is 114 Å². The molecule has 1 nitrogen and oxygen atoms in total. The maximum atomic E-state index is 6.25. The van der Waals surface area contributed by atoms with Crippen LogP contribution in [0.25, 0.3) is 0 Å². The van der Waals surface area contributed by atoms with Crippen molar-refractivity contribution in [1.29, 1.82) is 0 Å². The van der Waals surface area contributed by atoms with Gasteiger partial charge in [-0.05, 0) is 42.9 Å². The summed E-state index contributed by atoms with van der Waals surface area (Å²) in [5, 5.41) is 4.92. The number of benzene rings is 1. The lowest BCUT2D eigenvalue weighted by molar-refractivity contribution is 0.446. The Bertz CT molecular complexity index is 388. The topological polar surface area (TPSA) is 12.0 Å². The minimum Gasteiger partial charge on any atom is -0.314 e. The summed E-state index contributed by atoms with van der Waals surface area (Å²) < 4.78 is 0. The van der Waals surface area contributed by atoms with Crippen LogP contribution in [0.1, 0.15) is 38.2 Å². The Hall–Kier alpha value is -0.240. The van der Waals surface area contributed by atoms with Crippen LogP contribution in [0.2, 0.25) is 10.0 Å². The van der Waals surface area contributed by atoms with Gasteiger partial charge < -0.3 is 5.32 Å². The van der Waals surface area contributed by atoms with Crippen molar-refractivity contribution in [2.75, 3.05) is 6.54 Å². The van der Waals surface area contributed by atoms with Crippen LogP contribution in [0.4, 0.5) is 0 Å². The first-order valence-corrected chi connectivity index (χ1v) is 7.02. The third kappa shape index (κ3) is 3.37. The highest BCUT2D eigenvalue weighted by Crippen LogP contribution is 2.34. The molecule has 3 heteroatoms. The van der Waals surface area contributed by atoms with E-state index in [1.807, 2.05) is 12.1 Å².